The summed E-state index contributed by atoms with van der Waals surface area (Å²) >= 11 is 0. The number of hydrogen-bond acceptors (Lipinski definition) is 4. The average Bonchev–Trinajstić information content (AvgIpc) is 3.34. The Bertz CT molecular complexity index is 722. The molecular weight excluding hydrogens is 340 g/mol. The summed E-state index contributed by atoms with van der Waals surface area (Å²) in [5.41, 5.74) is 0.130. The van der Waals surface area contributed by atoms with E-state index in [1.54, 1.807) is 7.11 Å². The molecule has 5 heteroatoms. The zero-order valence-corrected chi connectivity index (χ0v) is 16.1. The molecule has 0 aromatic heterocycles. The molecule has 146 valence electrons. The third-order valence-corrected chi connectivity index (χ3v) is 7.61. The molecule has 5 nitrogen and oxygen atoms in total. The predicted molar refractivity (Wildman–Crippen MR) is 103 cm³/mol. The van der Waals surface area contributed by atoms with Crippen molar-refractivity contribution in [1.29, 1.82) is 0 Å². The molecule has 3 atom stereocenters. The normalized spacial score (nSPS) is 36.7. The molecule has 6 rings (SSSR count). The van der Waals surface area contributed by atoms with Gasteiger partial charge in [-0.1, -0.05) is 12.1 Å². The van der Waals surface area contributed by atoms with Gasteiger partial charge in [-0.3, -0.25) is 9.69 Å². The molecule has 0 radical (unpaired) electrons. The minimum absolute atomic E-state index is 0.00542. The van der Waals surface area contributed by atoms with E-state index in [4.69, 9.17) is 4.74 Å². The van der Waals surface area contributed by atoms with Crippen molar-refractivity contribution < 1.29 is 14.6 Å². The van der Waals surface area contributed by atoms with Crippen molar-refractivity contribution in [2.75, 3.05) is 26.7 Å². The zero-order valence-electron chi connectivity index (χ0n) is 16.1. The first kappa shape index (κ1) is 17.5. The van der Waals surface area contributed by atoms with Gasteiger partial charge in [-0.15, -0.1) is 0 Å². The van der Waals surface area contributed by atoms with Gasteiger partial charge < -0.3 is 14.7 Å². The van der Waals surface area contributed by atoms with Crippen molar-refractivity contribution in [2.45, 2.75) is 62.1 Å². The lowest BCUT2D eigenvalue weighted by molar-refractivity contribution is -0.155. The fourth-order valence-corrected chi connectivity index (χ4v) is 6.26. The molecule has 1 N–H and O–H groups in total. The van der Waals surface area contributed by atoms with E-state index in [2.05, 4.69) is 28.0 Å². The van der Waals surface area contributed by atoms with E-state index >= 15 is 0 Å². The molecule has 5 aliphatic rings. The molecule has 1 saturated carbocycles. The Morgan fingerprint density at radius 1 is 1.19 bits per heavy atom. The van der Waals surface area contributed by atoms with Crippen LogP contribution in [0.2, 0.25) is 0 Å². The van der Waals surface area contributed by atoms with E-state index in [0.717, 1.165) is 38.2 Å². The maximum atomic E-state index is 13.4. The van der Waals surface area contributed by atoms with Crippen LogP contribution in [0.3, 0.4) is 0 Å². The van der Waals surface area contributed by atoms with Gasteiger partial charge in [0.15, 0.2) is 0 Å². The lowest BCUT2D eigenvalue weighted by atomic mass is 9.75. The number of likely N-dealkylation sites (tertiary alicyclic amines) is 1. The number of amides is 1. The number of aliphatic hydroxyl groups is 1. The molecule has 0 spiro atoms. The molecule has 1 amide bonds. The molecule has 2 bridgehead atoms. The summed E-state index contributed by atoms with van der Waals surface area (Å²) in [7, 11) is 1.70. The monoisotopic (exact) mass is 370 g/mol. The number of carbonyl (C=O) groups excluding carboxylic acids is 1. The highest BCUT2D eigenvalue weighted by molar-refractivity contribution is 5.86. The van der Waals surface area contributed by atoms with E-state index < -0.39 is 5.60 Å². The molecule has 4 heterocycles. The van der Waals surface area contributed by atoms with Gasteiger partial charge in [0.25, 0.3) is 5.91 Å². The average molecular weight is 370 g/mol. The number of piperidine rings is 3. The number of nitrogens with zero attached hydrogens (tertiary/aromatic N) is 2. The van der Waals surface area contributed by atoms with Crippen LogP contribution < -0.4 is 4.74 Å². The van der Waals surface area contributed by atoms with Gasteiger partial charge in [0.1, 0.15) is 11.4 Å². The maximum absolute atomic E-state index is 13.4. The number of methoxy groups -OCH3 is 1. The van der Waals surface area contributed by atoms with Crippen LogP contribution in [0.5, 0.6) is 5.75 Å². The number of hydrogen-bond donors (Lipinski definition) is 1. The Kier molecular flexibility index (Phi) is 4.21. The summed E-state index contributed by atoms with van der Waals surface area (Å²) < 4.78 is 5.45. The topological polar surface area (TPSA) is 53.0 Å². The Hall–Kier alpha value is -1.59. The van der Waals surface area contributed by atoms with Crippen LogP contribution in [-0.2, 0) is 4.79 Å². The Morgan fingerprint density at radius 2 is 1.93 bits per heavy atom. The largest absolute Gasteiger partial charge is 0.497 e. The van der Waals surface area contributed by atoms with Crippen LogP contribution in [0.4, 0.5) is 0 Å². The lowest BCUT2D eigenvalue weighted by Gasteiger charge is -2.51. The van der Waals surface area contributed by atoms with E-state index in [9.17, 15) is 9.90 Å². The van der Waals surface area contributed by atoms with Crippen LogP contribution >= 0.6 is 0 Å². The van der Waals surface area contributed by atoms with Crippen LogP contribution in [0, 0.1) is 5.92 Å². The van der Waals surface area contributed by atoms with Crippen molar-refractivity contribution in [1.82, 2.24) is 9.80 Å². The van der Waals surface area contributed by atoms with Gasteiger partial charge in [-0.2, -0.15) is 0 Å². The van der Waals surface area contributed by atoms with E-state index in [0.29, 0.717) is 30.7 Å². The number of benzene rings is 1. The second kappa shape index (κ2) is 6.49. The number of ether oxygens (including phenoxy) is 1. The molecular formula is C22H30N2O3. The second-order valence-electron chi connectivity index (χ2n) is 8.93. The quantitative estimate of drug-likeness (QED) is 0.888. The number of fused-ring (bicyclic) bond motifs is 2. The maximum Gasteiger partial charge on any atom is 0.254 e. The molecule has 1 aromatic carbocycles. The minimum atomic E-state index is -1.13. The standard InChI is InChI=1S/C22H30N2O3/c1-27-17-6-4-5-16(13-17)18-14-24(21(25)22(26)9-2-3-10-22)19-15-7-11-23(12-8-15)20(18)19/h4-6,13,15,18-20,26H,2-3,7-12,14H2,1H3/t18-,19+,20+/m0/s1. The first-order valence-corrected chi connectivity index (χ1v) is 10.5. The number of carbonyl (C=O) groups is 1. The molecule has 0 unspecified atom stereocenters. The van der Waals surface area contributed by atoms with Gasteiger partial charge in [0.05, 0.1) is 13.2 Å². The highest BCUT2D eigenvalue weighted by Gasteiger charge is 2.57. The van der Waals surface area contributed by atoms with E-state index in [1.807, 2.05) is 6.07 Å². The predicted octanol–water partition coefficient (Wildman–Crippen LogP) is 2.39. The van der Waals surface area contributed by atoms with Crippen LogP contribution in [0.15, 0.2) is 24.3 Å². The van der Waals surface area contributed by atoms with Gasteiger partial charge >= 0.3 is 0 Å². The van der Waals surface area contributed by atoms with Crippen LogP contribution in [0.1, 0.15) is 50.0 Å². The van der Waals surface area contributed by atoms with Crippen molar-refractivity contribution >= 4 is 5.91 Å². The summed E-state index contributed by atoms with van der Waals surface area (Å²) in [6.07, 6.45) is 5.51. The zero-order chi connectivity index (χ0) is 18.6. The van der Waals surface area contributed by atoms with Crippen LogP contribution in [-0.4, -0.2) is 65.2 Å². The Morgan fingerprint density at radius 3 is 2.63 bits per heavy atom. The molecule has 5 fully saturated rings. The van der Waals surface area contributed by atoms with Gasteiger partial charge in [0.2, 0.25) is 0 Å². The number of rotatable bonds is 3. The first-order valence-electron chi connectivity index (χ1n) is 10.5. The molecule has 4 saturated heterocycles. The molecule has 4 aliphatic heterocycles. The van der Waals surface area contributed by atoms with Crippen LogP contribution in [0.25, 0.3) is 0 Å². The Balaban J connectivity index is 1.51. The SMILES string of the molecule is COc1cccc([C@@H]2CN(C(=O)C3(O)CCCC3)[C@@H]3C4CCN(CC4)[C@@H]32)c1. The minimum Gasteiger partial charge on any atom is -0.497 e. The third kappa shape index (κ3) is 2.70. The summed E-state index contributed by atoms with van der Waals surface area (Å²) in [5.74, 6) is 1.74. The molecule has 1 aromatic rings. The molecule has 27 heavy (non-hydrogen) atoms. The third-order valence-electron chi connectivity index (χ3n) is 7.61. The highest BCUT2D eigenvalue weighted by atomic mass is 16.5. The van der Waals surface area contributed by atoms with Crippen molar-refractivity contribution in [3.63, 3.8) is 0 Å². The smallest absolute Gasteiger partial charge is 0.254 e. The first-order chi connectivity index (χ1) is 13.1. The van der Waals surface area contributed by atoms with Gasteiger partial charge in [-0.05, 0) is 75.2 Å². The summed E-state index contributed by atoms with van der Waals surface area (Å²) in [4.78, 5) is 18.1. The van der Waals surface area contributed by atoms with E-state index in [-0.39, 0.29) is 11.9 Å². The van der Waals surface area contributed by atoms with Crippen molar-refractivity contribution in [3.05, 3.63) is 29.8 Å². The fourth-order valence-electron chi connectivity index (χ4n) is 6.26. The molecule has 1 aliphatic carbocycles. The van der Waals surface area contributed by atoms with E-state index in [1.165, 1.54) is 18.4 Å². The highest BCUT2D eigenvalue weighted by Crippen LogP contribution is 2.48. The fraction of sp³-hybridized carbons (Fsp3) is 0.682. The summed E-state index contributed by atoms with van der Waals surface area (Å²) in [6.45, 7) is 2.99. The van der Waals surface area contributed by atoms with Crippen molar-refractivity contribution in [2.24, 2.45) is 5.92 Å². The van der Waals surface area contributed by atoms with Gasteiger partial charge in [-0.25, -0.2) is 0 Å². The summed E-state index contributed by atoms with van der Waals surface area (Å²) in [5, 5.41) is 11.0. The second-order valence-corrected chi connectivity index (χ2v) is 8.93. The lowest BCUT2D eigenvalue weighted by Crippen LogP contribution is -2.62. The van der Waals surface area contributed by atoms with Crippen molar-refractivity contribution in [3.8, 4) is 5.75 Å². The summed E-state index contributed by atoms with van der Waals surface area (Å²) in [6, 6.07) is 8.96. The van der Waals surface area contributed by atoms with Gasteiger partial charge in [0, 0.05) is 18.5 Å². The Labute approximate surface area is 161 Å².